The van der Waals surface area contributed by atoms with Crippen LogP contribution in [0.2, 0.25) is 0 Å². The molecule has 3 heterocycles. The highest BCUT2D eigenvalue weighted by Crippen LogP contribution is 2.26. The van der Waals surface area contributed by atoms with E-state index in [0.29, 0.717) is 49.8 Å². The van der Waals surface area contributed by atoms with Gasteiger partial charge in [0.15, 0.2) is 0 Å². The third kappa shape index (κ3) is 4.14. The van der Waals surface area contributed by atoms with Gasteiger partial charge in [-0.1, -0.05) is 35.9 Å². The number of hydrogen-bond donors (Lipinski definition) is 0. The van der Waals surface area contributed by atoms with Crippen LogP contribution in [-0.2, 0) is 26.2 Å². The first-order chi connectivity index (χ1) is 14.4. The van der Waals surface area contributed by atoms with Crippen molar-refractivity contribution in [2.75, 3.05) is 26.2 Å². The summed E-state index contributed by atoms with van der Waals surface area (Å²) in [5.74, 6) is -0.955. The molecule has 160 valence electrons. The summed E-state index contributed by atoms with van der Waals surface area (Å²) in [6.45, 7) is 4.13. The minimum Gasteiger partial charge on any atom is -0.330 e. The third-order valence-electron chi connectivity index (χ3n) is 5.79. The van der Waals surface area contributed by atoms with Crippen LogP contribution in [0.25, 0.3) is 0 Å². The normalized spacial score (nSPS) is 19.5. The zero-order valence-corrected chi connectivity index (χ0v) is 18.5. The molecule has 2 amide bonds. The second-order valence-corrected chi connectivity index (χ2v) is 10.9. The van der Waals surface area contributed by atoms with Gasteiger partial charge in [-0.05, 0) is 36.8 Å². The maximum atomic E-state index is 12.7. The Labute approximate surface area is 180 Å². The number of aryl methyl sites for hydroxylation is 1. The highest BCUT2D eigenvalue weighted by molar-refractivity contribution is 7.91. The van der Waals surface area contributed by atoms with Crippen molar-refractivity contribution in [2.24, 2.45) is 0 Å². The molecule has 0 saturated carbocycles. The van der Waals surface area contributed by atoms with Crippen molar-refractivity contribution in [1.29, 1.82) is 0 Å². The summed E-state index contributed by atoms with van der Waals surface area (Å²) in [5, 5.41) is 1.75. The second kappa shape index (κ2) is 8.49. The van der Waals surface area contributed by atoms with Gasteiger partial charge in [-0.15, -0.1) is 11.3 Å². The highest BCUT2D eigenvalue weighted by Gasteiger charge is 2.39. The van der Waals surface area contributed by atoms with Crippen LogP contribution in [0.4, 0.5) is 0 Å². The topological polar surface area (TPSA) is 78.0 Å². The number of sulfonamides is 1. The molecule has 0 spiro atoms. The zero-order chi connectivity index (χ0) is 21.3. The molecule has 1 aromatic carbocycles. The minimum absolute atomic E-state index is 0.0993. The van der Waals surface area contributed by atoms with Gasteiger partial charge in [0.25, 0.3) is 10.0 Å². The molecule has 2 saturated heterocycles. The van der Waals surface area contributed by atoms with Gasteiger partial charge in [0.2, 0.25) is 0 Å². The Hall–Kier alpha value is -2.23. The van der Waals surface area contributed by atoms with Crippen LogP contribution in [0.1, 0.15) is 24.0 Å². The third-order valence-corrected chi connectivity index (χ3v) is 9.06. The zero-order valence-electron chi connectivity index (χ0n) is 16.9. The monoisotopic (exact) mass is 447 g/mol. The summed E-state index contributed by atoms with van der Waals surface area (Å²) >= 11 is 1.21. The Morgan fingerprint density at radius 2 is 1.67 bits per heavy atom. The summed E-state index contributed by atoms with van der Waals surface area (Å²) in [5.41, 5.74) is 2.15. The van der Waals surface area contributed by atoms with Crippen molar-refractivity contribution in [1.82, 2.24) is 14.1 Å². The van der Waals surface area contributed by atoms with E-state index in [-0.39, 0.29) is 6.04 Å². The molecule has 0 radical (unpaired) electrons. The molecule has 0 unspecified atom stereocenters. The molecule has 9 heteroatoms. The molecule has 0 N–H and O–H groups in total. The molecule has 4 rings (SSSR count). The summed E-state index contributed by atoms with van der Waals surface area (Å²) < 4.78 is 27.2. The SMILES string of the molecule is Cc1ccc(CN2CCN(C3CCN(S(=O)(=O)c4cccs4)CC3)C(=O)C2=O)cc1. The summed E-state index contributed by atoms with van der Waals surface area (Å²) in [6.07, 6.45) is 1.09. The smallest absolute Gasteiger partial charge is 0.312 e. The van der Waals surface area contributed by atoms with E-state index in [0.717, 1.165) is 11.1 Å². The number of carbonyl (C=O) groups excluding carboxylic acids is 2. The number of hydrogen-bond acceptors (Lipinski definition) is 5. The lowest BCUT2D eigenvalue weighted by molar-refractivity contribution is -0.158. The predicted molar refractivity (Wildman–Crippen MR) is 114 cm³/mol. The van der Waals surface area contributed by atoms with E-state index in [1.54, 1.807) is 27.3 Å². The van der Waals surface area contributed by atoms with E-state index in [2.05, 4.69) is 0 Å². The maximum absolute atomic E-state index is 12.7. The molecular formula is C21H25N3O4S2. The number of piperazine rings is 1. The maximum Gasteiger partial charge on any atom is 0.312 e. The molecule has 0 atom stereocenters. The van der Waals surface area contributed by atoms with Crippen molar-refractivity contribution in [2.45, 2.75) is 36.6 Å². The van der Waals surface area contributed by atoms with Gasteiger partial charge in [0, 0.05) is 38.8 Å². The van der Waals surface area contributed by atoms with Gasteiger partial charge in [-0.25, -0.2) is 8.42 Å². The molecule has 0 aliphatic carbocycles. The molecule has 2 aromatic rings. The van der Waals surface area contributed by atoms with Crippen LogP contribution in [0.3, 0.4) is 0 Å². The Kier molecular flexibility index (Phi) is 5.95. The van der Waals surface area contributed by atoms with Crippen LogP contribution in [0, 0.1) is 6.92 Å². The number of piperidine rings is 1. The molecular weight excluding hydrogens is 422 g/mol. The van der Waals surface area contributed by atoms with Crippen molar-refractivity contribution in [3.8, 4) is 0 Å². The van der Waals surface area contributed by atoms with Crippen molar-refractivity contribution in [3.05, 3.63) is 52.9 Å². The van der Waals surface area contributed by atoms with Crippen molar-refractivity contribution in [3.63, 3.8) is 0 Å². The first-order valence-electron chi connectivity index (χ1n) is 10.1. The summed E-state index contributed by atoms with van der Waals surface area (Å²) in [6, 6.07) is 11.2. The average molecular weight is 448 g/mol. The second-order valence-electron chi connectivity index (χ2n) is 7.78. The van der Waals surface area contributed by atoms with Crippen LogP contribution in [0.5, 0.6) is 0 Å². The van der Waals surface area contributed by atoms with E-state index in [9.17, 15) is 18.0 Å². The fraction of sp³-hybridized carbons (Fsp3) is 0.429. The molecule has 0 bridgehead atoms. The van der Waals surface area contributed by atoms with E-state index in [1.807, 2.05) is 31.2 Å². The Bertz CT molecular complexity index is 1010. The quantitative estimate of drug-likeness (QED) is 0.658. The molecule has 2 aliphatic heterocycles. The van der Waals surface area contributed by atoms with Crippen molar-refractivity contribution >= 4 is 33.2 Å². The highest BCUT2D eigenvalue weighted by atomic mass is 32.2. The fourth-order valence-corrected chi connectivity index (χ4v) is 6.65. The van der Waals surface area contributed by atoms with E-state index in [1.165, 1.54) is 15.6 Å². The predicted octanol–water partition coefficient (Wildman–Crippen LogP) is 2.08. The van der Waals surface area contributed by atoms with Crippen molar-refractivity contribution < 1.29 is 18.0 Å². The van der Waals surface area contributed by atoms with Gasteiger partial charge in [0.1, 0.15) is 4.21 Å². The van der Waals surface area contributed by atoms with E-state index < -0.39 is 21.8 Å². The van der Waals surface area contributed by atoms with E-state index in [4.69, 9.17) is 0 Å². The number of carbonyl (C=O) groups is 2. The van der Waals surface area contributed by atoms with Crippen LogP contribution in [-0.4, -0.2) is 66.6 Å². The van der Waals surface area contributed by atoms with Gasteiger partial charge in [-0.3, -0.25) is 9.59 Å². The van der Waals surface area contributed by atoms with Gasteiger partial charge < -0.3 is 9.80 Å². The number of nitrogens with zero attached hydrogens (tertiary/aromatic N) is 3. The lowest BCUT2D eigenvalue weighted by atomic mass is 10.0. The average Bonchev–Trinajstić information content (AvgIpc) is 3.29. The van der Waals surface area contributed by atoms with Gasteiger partial charge in [0.05, 0.1) is 0 Å². The van der Waals surface area contributed by atoms with Crippen LogP contribution in [0.15, 0.2) is 46.0 Å². The molecule has 2 fully saturated rings. The van der Waals surface area contributed by atoms with Crippen LogP contribution >= 0.6 is 11.3 Å². The number of benzene rings is 1. The first-order valence-corrected chi connectivity index (χ1v) is 12.4. The Balaban J connectivity index is 1.36. The fourth-order valence-electron chi connectivity index (χ4n) is 4.03. The molecule has 7 nitrogen and oxygen atoms in total. The Morgan fingerprint density at radius 3 is 2.30 bits per heavy atom. The largest absolute Gasteiger partial charge is 0.330 e. The molecule has 2 aliphatic rings. The van der Waals surface area contributed by atoms with Gasteiger partial charge in [-0.2, -0.15) is 4.31 Å². The number of rotatable bonds is 5. The number of thiophene rings is 1. The van der Waals surface area contributed by atoms with Gasteiger partial charge >= 0.3 is 11.8 Å². The standard InChI is InChI=1S/C21H25N3O4S2/c1-16-4-6-17(7-5-16)15-22-12-13-24(21(26)20(22)25)18-8-10-23(11-9-18)30(27,28)19-3-2-14-29-19/h2-7,14,18H,8-13,15H2,1H3. The lowest BCUT2D eigenvalue weighted by Crippen LogP contribution is -2.58. The van der Waals surface area contributed by atoms with E-state index >= 15 is 0 Å². The summed E-state index contributed by atoms with van der Waals surface area (Å²) in [4.78, 5) is 28.6. The molecule has 1 aromatic heterocycles. The number of amides is 2. The lowest BCUT2D eigenvalue weighted by Gasteiger charge is -2.41. The minimum atomic E-state index is -3.47. The molecule has 30 heavy (non-hydrogen) atoms. The van der Waals surface area contributed by atoms with Crippen LogP contribution < -0.4 is 0 Å². The Morgan fingerprint density at radius 1 is 0.967 bits per heavy atom. The first kappa shape index (κ1) is 21.0. The summed E-state index contributed by atoms with van der Waals surface area (Å²) in [7, 11) is -3.47.